The highest BCUT2D eigenvalue weighted by molar-refractivity contribution is 7.91. The zero-order valence-electron chi connectivity index (χ0n) is 18.8. The molecule has 2 heterocycles. The lowest BCUT2D eigenvalue weighted by Crippen LogP contribution is -2.46. The van der Waals surface area contributed by atoms with Gasteiger partial charge in [0, 0.05) is 29.9 Å². The number of sulfone groups is 1. The molecule has 1 aromatic carbocycles. The fraction of sp³-hybridized carbons (Fsp3) is 0.435. The molecule has 1 aliphatic heterocycles. The molecule has 0 radical (unpaired) electrons. The van der Waals surface area contributed by atoms with Crippen molar-refractivity contribution in [3.05, 3.63) is 53.4 Å². The van der Waals surface area contributed by atoms with Gasteiger partial charge >= 0.3 is 5.97 Å². The van der Waals surface area contributed by atoms with Crippen LogP contribution in [-0.4, -0.2) is 65.2 Å². The number of para-hydroxylation sites is 1. The van der Waals surface area contributed by atoms with Crippen molar-refractivity contribution in [2.75, 3.05) is 18.1 Å². The topological polar surface area (TPSA) is 98.6 Å². The maximum Gasteiger partial charge on any atom is 0.331 e. The Morgan fingerprint density at radius 1 is 1.28 bits per heavy atom. The van der Waals surface area contributed by atoms with Crippen LogP contribution in [0.4, 0.5) is 0 Å². The van der Waals surface area contributed by atoms with Crippen LogP contribution >= 0.6 is 0 Å². The van der Waals surface area contributed by atoms with E-state index in [2.05, 4.69) is 5.10 Å². The first-order valence-electron chi connectivity index (χ1n) is 10.6. The van der Waals surface area contributed by atoms with Crippen molar-refractivity contribution in [2.45, 2.75) is 46.3 Å². The van der Waals surface area contributed by atoms with Crippen LogP contribution in [0, 0.1) is 13.8 Å². The van der Waals surface area contributed by atoms with E-state index in [0.29, 0.717) is 13.0 Å². The summed E-state index contributed by atoms with van der Waals surface area (Å²) < 4.78 is 30.6. The summed E-state index contributed by atoms with van der Waals surface area (Å²) in [7, 11) is -3.12. The highest BCUT2D eigenvalue weighted by Gasteiger charge is 2.36. The number of carbonyl (C=O) groups excluding carboxylic acids is 2. The summed E-state index contributed by atoms with van der Waals surface area (Å²) in [6, 6.07) is 9.31. The van der Waals surface area contributed by atoms with E-state index in [-0.39, 0.29) is 23.5 Å². The summed E-state index contributed by atoms with van der Waals surface area (Å²) in [6.45, 7) is 7.42. The molecule has 8 nitrogen and oxygen atoms in total. The van der Waals surface area contributed by atoms with Crippen molar-refractivity contribution in [3.8, 4) is 5.69 Å². The fourth-order valence-electron chi connectivity index (χ4n) is 3.98. The van der Waals surface area contributed by atoms with Gasteiger partial charge in [0.25, 0.3) is 5.91 Å². The maximum absolute atomic E-state index is 12.8. The molecular formula is C23H29N3O5S. The molecule has 1 aliphatic rings. The molecule has 0 spiro atoms. The Bertz CT molecular complexity index is 1120. The second-order valence-corrected chi connectivity index (χ2v) is 10.2. The molecule has 172 valence electrons. The number of hydrogen-bond donors (Lipinski definition) is 0. The van der Waals surface area contributed by atoms with Crippen molar-refractivity contribution >= 4 is 27.8 Å². The number of hydrogen-bond acceptors (Lipinski definition) is 6. The van der Waals surface area contributed by atoms with E-state index in [1.807, 2.05) is 44.2 Å². The summed E-state index contributed by atoms with van der Waals surface area (Å²) in [5.41, 5.74) is 3.36. The number of nitrogens with zero attached hydrogens (tertiary/aromatic N) is 3. The second kappa shape index (κ2) is 9.68. The molecule has 1 saturated heterocycles. The van der Waals surface area contributed by atoms with Gasteiger partial charge < -0.3 is 9.64 Å². The molecule has 3 rings (SSSR count). The normalized spacial score (nSPS) is 18.6. The van der Waals surface area contributed by atoms with E-state index in [1.54, 1.807) is 17.7 Å². The second-order valence-electron chi connectivity index (χ2n) is 7.93. The van der Waals surface area contributed by atoms with Crippen molar-refractivity contribution in [1.29, 1.82) is 0 Å². The van der Waals surface area contributed by atoms with Crippen LogP contribution in [0.15, 0.2) is 36.4 Å². The largest absolute Gasteiger partial charge is 0.449 e. The van der Waals surface area contributed by atoms with Crippen LogP contribution in [0.25, 0.3) is 11.8 Å². The zero-order valence-corrected chi connectivity index (χ0v) is 19.6. The molecule has 9 heteroatoms. The smallest absolute Gasteiger partial charge is 0.331 e. The van der Waals surface area contributed by atoms with E-state index >= 15 is 0 Å². The molecule has 1 amide bonds. The summed E-state index contributed by atoms with van der Waals surface area (Å²) in [4.78, 5) is 26.6. The number of ether oxygens (including phenoxy) is 1. The van der Waals surface area contributed by atoms with Gasteiger partial charge in [-0.3, -0.25) is 4.79 Å². The van der Waals surface area contributed by atoms with Gasteiger partial charge in [-0.05, 0) is 52.3 Å². The molecule has 2 atom stereocenters. The SMILES string of the molecule is CCN(C(=O)[C@@H](C)OC(=O)/C=C/c1c(C)nn(-c2ccccc2)c1C)[C@H]1CCS(=O)(=O)C1. The molecule has 32 heavy (non-hydrogen) atoms. The molecule has 0 aliphatic carbocycles. The third-order valence-corrected chi connectivity index (χ3v) is 7.40. The predicted octanol–water partition coefficient (Wildman–Crippen LogP) is 2.47. The zero-order chi connectivity index (χ0) is 23.5. The number of aryl methyl sites for hydroxylation is 1. The Labute approximate surface area is 188 Å². The van der Waals surface area contributed by atoms with Gasteiger partial charge in [0.05, 0.1) is 22.9 Å². The molecule has 0 unspecified atom stereocenters. The molecule has 1 fully saturated rings. The van der Waals surface area contributed by atoms with Crippen LogP contribution in [-0.2, 0) is 24.2 Å². The molecule has 1 aromatic heterocycles. The van der Waals surface area contributed by atoms with Gasteiger partial charge in [-0.1, -0.05) is 18.2 Å². The standard InChI is InChI=1S/C23H29N3O5S/c1-5-25(20-13-14-32(29,30)15-20)23(28)18(4)31-22(27)12-11-21-16(2)24-26(17(21)3)19-9-7-6-8-10-19/h6-12,18,20H,5,13-15H2,1-4H3/b12-11+/t18-,20+/m1/s1. The van der Waals surface area contributed by atoms with Crippen molar-refractivity contribution in [1.82, 2.24) is 14.7 Å². The lowest BCUT2D eigenvalue weighted by atomic mass is 10.2. The number of rotatable bonds is 7. The van der Waals surface area contributed by atoms with Gasteiger partial charge in [0.15, 0.2) is 15.9 Å². The highest BCUT2D eigenvalue weighted by Crippen LogP contribution is 2.20. The lowest BCUT2D eigenvalue weighted by molar-refractivity contribution is -0.156. The average molecular weight is 460 g/mol. The molecule has 0 N–H and O–H groups in total. The Hall–Kier alpha value is -2.94. The number of amides is 1. The van der Waals surface area contributed by atoms with Crippen LogP contribution in [0.2, 0.25) is 0 Å². The first-order chi connectivity index (χ1) is 15.1. The van der Waals surface area contributed by atoms with E-state index in [0.717, 1.165) is 22.6 Å². The predicted molar refractivity (Wildman–Crippen MR) is 122 cm³/mol. The van der Waals surface area contributed by atoms with Crippen LogP contribution in [0.3, 0.4) is 0 Å². The first-order valence-corrected chi connectivity index (χ1v) is 12.5. The van der Waals surface area contributed by atoms with Crippen LogP contribution in [0.5, 0.6) is 0 Å². The quantitative estimate of drug-likeness (QED) is 0.466. The Morgan fingerprint density at radius 3 is 2.56 bits per heavy atom. The maximum atomic E-state index is 12.8. The van der Waals surface area contributed by atoms with Crippen molar-refractivity contribution in [2.24, 2.45) is 0 Å². The fourth-order valence-corrected chi connectivity index (χ4v) is 5.71. The monoisotopic (exact) mass is 459 g/mol. The first kappa shape index (κ1) is 23.7. The minimum atomic E-state index is -3.12. The number of aromatic nitrogens is 2. The summed E-state index contributed by atoms with van der Waals surface area (Å²) in [5, 5.41) is 4.54. The molecule has 0 saturated carbocycles. The summed E-state index contributed by atoms with van der Waals surface area (Å²) in [6.07, 6.45) is 2.32. The van der Waals surface area contributed by atoms with E-state index in [9.17, 15) is 18.0 Å². The van der Waals surface area contributed by atoms with E-state index < -0.39 is 21.9 Å². The Kier molecular flexibility index (Phi) is 7.18. The van der Waals surface area contributed by atoms with Crippen LogP contribution < -0.4 is 0 Å². The Balaban J connectivity index is 1.66. The molecular weight excluding hydrogens is 430 g/mol. The van der Waals surface area contributed by atoms with Gasteiger partial charge in [0.1, 0.15) is 0 Å². The minimum absolute atomic E-state index is 0.0445. The Morgan fingerprint density at radius 2 is 1.97 bits per heavy atom. The lowest BCUT2D eigenvalue weighted by Gasteiger charge is -2.29. The number of esters is 1. The summed E-state index contributed by atoms with van der Waals surface area (Å²) >= 11 is 0. The number of likely N-dealkylation sites (N-methyl/N-ethyl adjacent to an activating group) is 1. The van der Waals surface area contributed by atoms with Gasteiger partial charge in [-0.15, -0.1) is 0 Å². The van der Waals surface area contributed by atoms with Crippen molar-refractivity contribution < 1.29 is 22.7 Å². The highest BCUT2D eigenvalue weighted by atomic mass is 32.2. The third-order valence-electron chi connectivity index (χ3n) is 5.65. The number of benzene rings is 1. The molecule has 0 bridgehead atoms. The minimum Gasteiger partial charge on any atom is -0.449 e. The summed E-state index contributed by atoms with van der Waals surface area (Å²) in [5.74, 6) is -1.00. The number of carbonyl (C=O) groups is 2. The van der Waals surface area contributed by atoms with Crippen LogP contribution in [0.1, 0.15) is 37.2 Å². The average Bonchev–Trinajstić information content (AvgIpc) is 3.25. The van der Waals surface area contributed by atoms with Crippen molar-refractivity contribution in [3.63, 3.8) is 0 Å². The third kappa shape index (κ3) is 5.27. The van der Waals surface area contributed by atoms with Gasteiger partial charge in [-0.25, -0.2) is 17.9 Å². The van der Waals surface area contributed by atoms with E-state index in [1.165, 1.54) is 17.9 Å². The van der Waals surface area contributed by atoms with Gasteiger partial charge in [0.2, 0.25) is 0 Å². The van der Waals surface area contributed by atoms with E-state index in [4.69, 9.17) is 4.74 Å². The van der Waals surface area contributed by atoms with Gasteiger partial charge in [-0.2, -0.15) is 5.10 Å². The molecule has 2 aromatic rings.